The fourth-order valence-electron chi connectivity index (χ4n) is 3.01. The van der Waals surface area contributed by atoms with Crippen LogP contribution in [0.5, 0.6) is 0 Å². The zero-order valence-corrected chi connectivity index (χ0v) is 18.5. The van der Waals surface area contributed by atoms with Gasteiger partial charge in [0, 0.05) is 34.1 Å². The van der Waals surface area contributed by atoms with Gasteiger partial charge in [0.2, 0.25) is 0 Å². The van der Waals surface area contributed by atoms with Crippen molar-refractivity contribution in [3.8, 4) is 10.6 Å². The summed E-state index contributed by atoms with van der Waals surface area (Å²) in [6.07, 6.45) is 1.73. The van der Waals surface area contributed by atoms with Crippen molar-refractivity contribution in [2.75, 3.05) is 10.0 Å². The highest BCUT2D eigenvalue weighted by Crippen LogP contribution is 2.24. The minimum atomic E-state index is -3.96. The molecule has 0 unspecified atom stereocenters. The maximum atomic E-state index is 13.1. The molecule has 0 radical (unpaired) electrons. The second-order valence-corrected chi connectivity index (χ2v) is 9.53. The number of rotatable bonds is 6. The SMILES string of the molecule is Cc1ccc(S(=O)(=O)Nc2ccc(F)cc2)cc1C(=O)Nc1ccc(-c2nccs2)cc1. The molecule has 1 heterocycles. The van der Waals surface area contributed by atoms with Gasteiger partial charge in [0.25, 0.3) is 15.9 Å². The molecular weight excluding hydrogens is 449 g/mol. The van der Waals surface area contributed by atoms with E-state index in [9.17, 15) is 17.6 Å². The number of benzene rings is 3. The van der Waals surface area contributed by atoms with Crippen molar-refractivity contribution in [2.24, 2.45) is 0 Å². The molecule has 0 aliphatic carbocycles. The van der Waals surface area contributed by atoms with Crippen molar-refractivity contribution in [1.82, 2.24) is 4.98 Å². The third-order valence-electron chi connectivity index (χ3n) is 4.68. The van der Waals surface area contributed by atoms with Gasteiger partial charge < -0.3 is 5.32 Å². The third-order valence-corrected chi connectivity index (χ3v) is 6.88. The van der Waals surface area contributed by atoms with Gasteiger partial charge in [-0.25, -0.2) is 17.8 Å². The average molecular weight is 468 g/mol. The third kappa shape index (κ3) is 4.84. The van der Waals surface area contributed by atoms with Crippen molar-refractivity contribution in [3.05, 3.63) is 95.3 Å². The number of sulfonamides is 1. The number of aryl methyl sites for hydroxylation is 1. The second-order valence-electron chi connectivity index (χ2n) is 6.96. The lowest BCUT2D eigenvalue weighted by atomic mass is 10.1. The lowest BCUT2D eigenvalue weighted by Gasteiger charge is -2.12. The number of hydrogen-bond donors (Lipinski definition) is 2. The molecule has 0 atom stereocenters. The summed E-state index contributed by atoms with van der Waals surface area (Å²) in [4.78, 5) is 17.0. The van der Waals surface area contributed by atoms with Gasteiger partial charge in [-0.15, -0.1) is 11.3 Å². The van der Waals surface area contributed by atoms with Crippen LogP contribution in [-0.4, -0.2) is 19.3 Å². The fraction of sp³-hybridized carbons (Fsp3) is 0.0435. The first-order valence-corrected chi connectivity index (χ1v) is 11.9. The van der Waals surface area contributed by atoms with Crippen LogP contribution in [0.3, 0.4) is 0 Å². The molecule has 0 spiro atoms. The highest BCUT2D eigenvalue weighted by molar-refractivity contribution is 7.92. The van der Waals surface area contributed by atoms with Crippen LogP contribution in [0.1, 0.15) is 15.9 Å². The molecule has 0 aliphatic heterocycles. The number of nitrogens with one attached hydrogen (secondary N) is 2. The lowest BCUT2D eigenvalue weighted by molar-refractivity contribution is 0.102. The van der Waals surface area contributed by atoms with E-state index in [0.717, 1.165) is 22.7 Å². The zero-order valence-electron chi connectivity index (χ0n) is 16.9. The number of carbonyl (C=O) groups is 1. The van der Waals surface area contributed by atoms with E-state index in [1.165, 1.54) is 35.6 Å². The van der Waals surface area contributed by atoms with Crippen LogP contribution in [0.15, 0.2) is 83.2 Å². The van der Waals surface area contributed by atoms with E-state index in [1.54, 1.807) is 31.3 Å². The number of nitrogens with zero attached hydrogens (tertiary/aromatic N) is 1. The second kappa shape index (κ2) is 8.89. The number of amides is 1. The van der Waals surface area contributed by atoms with E-state index in [-0.39, 0.29) is 16.1 Å². The van der Waals surface area contributed by atoms with Crippen LogP contribution in [0.25, 0.3) is 10.6 Å². The van der Waals surface area contributed by atoms with E-state index in [0.29, 0.717) is 11.3 Å². The number of aromatic nitrogens is 1. The van der Waals surface area contributed by atoms with Crippen molar-refractivity contribution in [2.45, 2.75) is 11.8 Å². The van der Waals surface area contributed by atoms with E-state index in [4.69, 9.17) is 0 Å². The first-order valence-electron chi connectivity index (χ1n) is 9.52. The topological polar surface area (TPSA) is 88.2 Å². The van der Waals surface area contributed by atoms with Gasteiger partial charge in [0.05, 0.1) is 4.90 Å². The molecule has 9 heteroatoms. The Morgan fingerprint density at radius 3 is 2.31 bits per heavy atom. The Morgan fingerprint density at radius 1 is 0.969 bits per heavy atom. The summed E-state index contributed by atoms with van der Waals surface area (Å²) in [5, 5.41) is 5.56. The van der Waals surface area contributed by atoms with Gasteiger partial charge in [-0.3, -0.25) is 9.52 Å². The predicted molar refractivity (Wildman–Crippen MR) is 124 cm³/mol. The van der Waals surface area contributed by atoms with E-state index >= 15 is 0 Å². The van der Waals surface area contributed by atoms with E-state index < -0.39 is 21.7 Å². The Morgan fingerprint density at radius 2 is 1.66 bits per heavy atom. The highest BCUT2D eigenvalue weighted by atomic mass is 32.2. The monoisotopic (exact) mass is 467 g/mol. The van der Waals surface area contributed by atoms with E-state index in [2.05, 4.69) is 15.0 Å². The van der Waals surface area contributed by atoms with Crippen molar-refractivity contribution in [1.29, 1.82) is 0 Å². The minimum absolute atomic E-state index is 0.0725. The van der Waals surface area contributed by atoms with Gasteiger partial charge in [-0.1, -0.05) is 6.07 Å². The summed E-state index contributed by atoms with van der Waals surface area (Å²) in [5.74, 6) is -0.898. The summed E-state index contributed by atoms with van der Waals surface area (Å²) in [5.41, 5.74) is 2.60. The molecule has 0 saturated carbocycles. The molecule has 0 aliphatic rings. The van der Waals surface area contributed by atoms with Gasteiger partial charge >= 0.3 is 0 Å². The smallest absolute Gasteiger partial charge is 0.261 e. The summed E-state index contributed by atoms with van der Waals surface area (Å²) in [7, 11) is -3.96. The van der Waals surface area contributed by atoms with Crippen LogP contribution in [0.2, 0.25) is 0 Å². The van der Waals surface area contributed by atoms with E-state index in [1.807, 2.05) is 17.5 Å². The highest BCUT2D eigenvalue weighted by Gasteiger charge is 2.18. The Labute approximate surface area is 188 Å². The summed E-state index contributed by atoms with van der Waals surface area (Å²) in [6, 6.07) is 16.5. The molecule has 162 valence electrons. The minimum Gasteiger partial charge on any atom is -0.322 e. The molecule has 1 amide bonds. The van der Waals surface area contributed by atoms with Crippen molar-refractivity contribution in [3.63, 3.8) is 0 Å². The predicted octanol–water partition coefficient (Wildman–Crippen LogP) is 5.31. The van der Waals surface area contributed by atoms with Gasteiger partial charge in [-0.2, -0.15) is 0 Å². The maximum Gasteiger partial charge on any atom is 0.261 e. The number of halogens is 1. The summed E-state index contributed by atoms with van der Waals surface area (Å²) < 4.78 is 40.9. The Bertz CT molecular complexity index is 1350. The first kappa shape index (κ1) is 21.7. The van der Waals surface area contributed by atoms with Crippen LogP contribution in [0, 0.1) is 12.7 Å². The average Bonchev–Trinajstić information content (AvgIpc) is 3.31. The molecule has 32 heavy (non-hydrogen) atoms. The lowest BCUT2D eigenvalue weighted by Crippen LogP contribution is -2.17. The van der Waals surface area contributed by atoms with Gasteiger partial charge in [-0.05, 0) is 73.2 Å². The number of anilines is 2. The number of carbonyl (C=O) groups excluding carboxylic acids is 1. The van der Waals surface area contributed by atoms with Crippen LogP contribution >= 0.6 is 11.3 Å². The Kier molecular flexibility index (Phi) is 6.02. The van der Waals surface area contributed by atoms with Crippen LogP contribution < -0.4 is 10.0 Å². The molecule has 3 aromatic carbocycles. The number of thiazole rings is 1. The quantitative estimate of drug-likeness (QED) is 0.402. The van der Waals surface area contributed by atoms with Crippen molar-refractivity contribution < 1.29 is 17.6 Å². The molecule has 4 rings (SSSR count). The molecule has 1 aromatic heterocycles. The molecule has 2 N–H and O–H groups in total. The molecule has 4 aromatic rings. The summed E-state index contributed by atoms with van der Waals surface area (Å²) >= 11 is 1.52. The molecule has 0 bridgehead atoms. The van der Waals surface area contributed by atoms with Crippen LogP contribution in [-0.2, 0) is 10.0 Å². The van der Waals surface area contributed by atoms with Crippen molar-refractivity contribution >= 4 is 38.6 Å². The zero-order chi connectivity index (χ0) is 22.7. The van der Waals surface area contributed by atoms with Crippen LogP contribution in [0.4, 0.5) is 15.8 Å². The van der Waals surface area contributed by atoms with Gasteiger partial charge in [0.1, 0.15) is 10.8 Å². The Balaban J connectivity index is 1.54. The van der Waals surface area contributed by atoms with Gasteiger partial charge in [0.15, 0.2) is 0 Å². The Hall–Kier alpha value is -3.56. The maximum absolute atomic E-state index is 13.1. The first-order chi connectivity index (χ1) is 15.3. The summed E-state index contributed by atoms with van der Waals surface area (Å²) in [6.45, 7) is 1.73. The molecular formula is C23H18FN3O3S2. The fourth-order valence-corrected chi connectivity index (χ4v) is 4.73. The number of hydrogen-bond acceptors (Lipinski definition) is 5. The molecule has 0 fully saturated rings. The standard InChI is InChI=1S/C23H18FN3O3S2/c1-15-2-11-20(32(29,30)27-19-9-5-17(24)6-10-19)14-21(15)22(28)26-18-7-3-16(4-8-18)23-25-12-13-31-23/h2-14,27H,1H3,(H,26,28). The largest absolute Gasteiger partial charge is 0.322 e. The molecule has 6 nitrogen and oxygen atoms in total. The molecule has 0 saturated heterocycles. The normalized spacial score (nSPS) is 11.2.